The molecule has 1 rings (SSSR count). The van der Waals surface area contributed by atoms with Gasteiger partial charge < -0.3 is 9.64 Å². The highest BCUT2D eigenvalue weighted by Gasteiger charge is 2.31. The van der Waals surface area contributed by atoms with Crippen LogP contribution in [-0.4, -0.2) is 30.1 Å². The molecular weight excluding hydrogens is 194 g/mol. The number of amides is 1. The number of nitrogens with zero attached hydrogens (tertiary/aromatic N) is 1. The van der Waals surface area contributed by atoms with Gasteiger partial charge in [-0.25, -0.2) is 0 Å². The molecule has 84 valence electrons. The SMILES string of the molecule is CCC1=CC(OC(=O)C(C)C)N(C)C1=O. The molecule has 0 saturated carbocycles. The Morgan fingerprint density at radius 3 is 2.60 bits per heavy atom. The average molecular weight is 211 g/mol. The lowest BCUT2D eigenvalue weighted by molar-refractivity contribution is -0.159. The molecule has 1 aliphatic heterocycles. The quantitative estimate of drug-likeness (QED) is 0.661. The second-order valence-electron chi connectivity index (χ2n) is 3.94. The molecule has 1 heterocycles. The Balaban J connectivity index is 2.69. The third-order valence-electron chi connectivity index (χ3n) is 2.41. The van der Waals surface area contributed by atoms with Gasteiger partial charge in [-0.15, -0.1) is 0 Å². The zero-order chi connectivity index (χ0) is 11.6. The van der Waals surface area contributed by atoms with Crippen molar-refractivity contribution in [3.8, 4) is 0 Å². The number of ether oxygens (including phenoxy) is 1. The Hall–Kier alpha value is -1.32. The molecule has 1 unspecified atom stereocenters. The van der Waals surface area contributed by atoms with E-state index >= 15 is 0 Å². The highest BCUT2D eigenvalue weighted by atomic mass is 16.6. The van der Waals surface area contributed by atoms with Gasteiger partial charge in [-0.3, -0.25) is 9.59 Å². The Morgan fingerprint density at radius 1 is 1.60 bits per heavy atom. The Bertz CT molecular complexity index is 307. The van der Waals surface area contributed by atoms with Gasteiger partial charge in [-0.2, -0.15) is 0 Å². The molecule has 0 aromatic rings. The van der Waals surface area contributed by atoms with Crippen LogP contribution >= 0.6 is 0 Å². The standard InChI is InChI=1S/C11H17NO3/c1-5-8-6-9(12(4)10(8)13)15-11(14)7(2)3/h6-7,9H,5H2,1-4H3. The van der Waals surface area contributed by atoms with E-state index in [1.807, 2.05) is 6.92 Å². The van der Waals surface area contributed by atoms with Gasteiger partial charge >= 0.3 is 5.97 Å². The molecule has 15 heavy (non-hydrogen) atoms. The van der Waals surface area contributed by atoms with Crippen LogP contribution < -0.4 is 0 Å². The summed E-state index contributed by atoms with van der Waals surface area (Å²) in [6, 6.07) is 0. The number of hydrogen-bond donors (Lipinski definition) is 0. The van der Waals surface area contributed by atoms with Crippen molar-refractivity contribution in [3.05, 3.63) is 11.6 Å². The lowest BCUT2D eigenvalue weighted by Gasteiger charge is -2.20. The first kappa shape index (κ1) is 11.8. The fourth-order valence-electron chi connectivity index (χ4n) is 1.33. The number of esters is 1. The molecule has 0 saturated heterocycles. The molecule has 0 aliphatic carbocycles. The van der Waals surface area contributed by atoms with Crippen LogP contribution in [0.1, 0.15) is 27.2 Å². The number of likely N-dealkylation sites (N-methyl/N-ethyl adjacent to an activating group) is 1. The third-order valence-corrected chi connectivity index (χ3v) is 2.41. The Kier molecular flexibility index (Phi) is 3.50. The highest BCUT2D eigenvalue weighted by Crippen LogP contribution is 2.20. The number of rotatable bonds is 3. The van der Waals surface area contributed by atoms with Crippen LogP contribution in [0, 0.1) is 5.92 Å². The maximum atomic E-state index is 11.6. The van der Waals surface area contributed by atoms with E-state index < -0.39 is 6.23 Å². The molecule has 1 atom stereocenters. The van der Waals surface area contributed by atoms with Crippen molar-refractivity contribution in [2.24, 2.45) is 5.92 Å². The van der Waals surface area contributed by atoms with Crippen LogP contribution in [0.5, 0.6) is 0 Å². The number of hydrogen-bond acceptors (Lipinski definition) is 3. The predicted octanol–water partition coefficient (Wildman–Crippen LogP) is 1.32. The van der Waals surface area contributed by atoms with E-state index in [1.54, 1.807) is 27.0 Å². The molecule has 0 bridgehead atoms. The molecule has 0 spiro atoms. The molecule has 0 fully saturated rings. The summed E-state index contributed by atoms with van der Waals surface area (Å²) in [5.74, 6) is -0.514. The fourth-order valence-corrected chi connectivity index (χ4v) is 1.33. The van der Waals surface area contributed by atoms with E-state index in [4.69, 9.17) is 4.74 Å². The van der Waals surface area contributed by atoms with Crippen molar-refractivity contribution in [3.63, 3.8) is 0 Å². The van der Waals surface area contributed by atoms with Crippen molar-refractivity contribution in [1.29, 1.82) is 0 Å². The van der Waals surface area contributed by atoms with E-state index in [-0.39, 0.29) is 17.8 Å². The van der Waals surface area contributed by atoms with Crippen molar-refractivity contribution >= 4 is 11.9 Å². The van der Waals surface area contributed by atoms with Crippen molar-refractivity contribution in [2.75, 3.05) is 7.05 Å². The summed E-state index contributed by atoms with van der Waals surface area (Å²) in [5, 5.41) is 0. The molecule has 4 heteroatoms. The second kappa shape index (κ2) is 4.47. The van der Waals surface area contributed by atoms with Gasteiger partial charge in [0, 0.05) is 12.6 Å². The largest absolute Gasteiger partial charge is 0.437 e. The van der Waals surface area contributed by atoms with E-state index in [2.05, 4.69) is 0 Å². The monoisotopic (exact) mass is 211 g/mol. The van der Waals surface area contributed by atoms with Gasteiger partial charge in [0.05, 0.1) is 5.92 Å². The second-order valence-corrected chi connectivity index (χ2v) is 3.94. The smallest absolute Gasteiger partial charge is 0.310 e. The zero-order valence-corrected chi connectivity index (χ0v) is 9.61. The van der Waals surface area contributed by atoms with E-state index in [1.165, 1.54) is 4.90 Å². The minimum atomic E-state index is -0.526. The summed E-state index contributed by atoms with van der Waals surface area (Å²) >= 11 is 0. The minimum absolute atomic E-state index is 0.0564. The van der Waals surface area contributed by atoms with Gasteiger partial charge in [-0.1, -0.05) is 20.8 Å². The van der Waals surface area contributed by atoms with Crippen LogP contribution in [0.25, 0.3) is 0 Å². The lowest BCUT2D eigenvalue weighted by atomic mass is 10.2. The summed E-state index contributed by atoms with van der Waals surface area (Å²) in [7, 11) is 1.64. The van der Waals surface area contributed by atoms with Crippen LogP contribution in [0.3, 0.4) is 0 Å². The Morgan fingerprint density at radius 2 is 2.20 bits per heavy atom. The molecule has 1 aliphatic rings. The van der Waals surface area contributed by atoms with Crippen LogP contribution in [0.15, 0.2) is 11.6 Å². The first-order valence-corrected chi connectivity index (χ1v) is 5.15. The van der Waals surface area contributed by atoms with E-state index in [0.717, 1.165) is 0 Å². The minimum Gasteiger partial charge on any atom is -0.437 e. The Labute approximate surface area is 89.9 Å². The number of carbonyl (C=O) groups is 2. The average Bonchev–Trinajstić information content (AvgIpc) is 2.45. The van der Waals surface area contributed by atoms with E-state index in [9.17, 15) is 9.59 Å². The number of carbonyl (C=O) groups excluding carboxylic acids is 2. The fraction of sp³-hybridized carbons (Fsp3) is 0.636. The van der Waals surface area contributed by atoms with Gasteiger partial charge in [0.1, 0.15) is 0 Å². The van der Waals surface area contributed by atoms with E-state index in [0.29, 0.717) is 12.0 Å². The van der Waals surface area contributed by atoms with Crippen LogP contribution in [-0.2, 0) is 14.3 Å². The topological polar surface area (TPSA) is 46.6 Å². The molecule has 4 nitrogen and oxygen atoms in total. The molecule has 0 radical (unpaired) electrons. The maximum absolute atomic E-state index is 11.6. The zero-order valence-electron chi connectivity index (χ0n) is 9.61. The third kappa shape index (κ3) is 2.37. The maximum Gasteiger partial charge on any atom is 0.310 e. The van der Waals surface area contributed by atoms with Gasteiger partial charge in [-0.05, 0) is 12.5 Å². The van der Waals surface area contributed by atoms with Gasteiger partial charge in [0.2, 0.25) is 0 Å². The first-order valence-electron chi connectivity index (χ1n) is 5.15. The molecule has 0 aromatic heterocycles. The normalized spacial score (nSPS) is 20.9. The van der Waals surface area contributed by atoms with Gasteiger partial charge in [0.15, 0.2) is 6.23 Å². The summed E-state index contributed by atoms with van der Waals surface area (Å²) in [6.45, 7) is 5.44. The molecular formula is C11H17NO3. The van der Waals surface area contributed by atoms with Gasteiger partial charge in [0.25, 0.3) is 5.91 Å². The summed E-state index contributed by atoms with van der Waals surface area (Å²) in [5.41, 5.74) is 0.707. The van der Waals surface area contributed by atoms with Crippen molar-refractivity contribution < 1.29 is 14.3 Å². The summed E-state index contributed by atoms with van der Waals surface area (Å²) in [4.78, 5) is 24.4. The summed E-state index contributed by atoms with van der Waals surface area (Å²) < 4.78 is 5.18. The highest BCUT2D eigenvalue weighted by molar-refractivity contribution is 5.96. The first-order chi connectivity index (χ1) is 6.97. The summed E-state index contributed by atoms with van der Waals surface area (Å²) in [6.07, 6.45) is 1.85. The van der Waals surface area contributed by atoms with Crippen molar-refractivity contribution in [2.45, 2.75) is 33.4 Å². The van der Waals surface area contributed by atoms with Crippen molar-refractivity contribution in [1.82, 2.24) is 4.90 Å². The molecule has 1 amide bonds. The molecule has 0 N–H and O–H groups in total. The van der Waals surface area contributed by atoms with Crippen LogP contribution in [0.2, 0.25) is 0 Å². The molecule has 0 aromatic carbocycles. The predicted molar refractivity (Wildman–Crippen MR) is 55.9 cm³/mol. The lowest BCUT2D eigenvalue weighted by Crippen LogP contribution is -2.35. The van der Waals surface area contributed by atoms with Crippen LogP contribution in [0.4, 0.5) is 0 Å².